The number of piperazine rings is 1. The molecular weight excluding hydrogens is 406 g/mol. The first kappa shape index (κ1) is 20.2. The maximum absolute atomic E-state index is 12.9. The van der Waals surface area contributed by atoms with Gasteiger partial charge in [-0.05, 0) is 43.4 Å². The van der Waals surface area contributed by atoms with E-state index in [4.69, 9.17) is 0 Å². The Morgan fingerprint density at radius 2 is 1.87 bits per heavy atom. The fourth-order valence-electron chi connectivity index (χ4n) is 3.33. The maximum atomic E-state index is 12.9. The van der Waals surface area contributed by atoms with Crippen LogP contribution in [-0.2, 0) is 10.0 Å². The number of amides is 1. The summed E-state index contributed by atoms with van der Waals surface area (Å²) in [7, 11) is -1.73. The van der Waals surface area contributed by atoms with Gasteiger partial charge in [0, 0.05) is 37.4 Å². The summed E-state index contributed by atoms with van der Waals surface area (Å²) in [6.07, 6.45) is 1.31. The van der Waals surface area contributed by atoms with E-state index < -0.39 is 15.9 Å². The second-order valence-electron chi connectivity index (χ2n) is 7.15. The fraction of sp³-hybridized carbons (Fsp3) is 0.250. The molecule has 0 saturated carbocycles. The number of nitrogens with zero attached hydrogens (tertiary/aromatic N) is 3. The molecule has 3 aromatic rings. The average Bonchev–Trinajstić information content (AvgIpc) is 2.75. The number of likely N-dealkylation sites (N-methyl/N-ethyl adjacent to an activating group) is 1. The molecule has 1 fully saturated rings. The molecule has 0 bridgehead atoms. The van der Waals surface area contributed by atoms with Crippen LogP contribution in [0.3, 0.4) is 0 Å². The van der Waals surface area contributed by atoms with Gasteiger partial charge in [-0.15, -0.1) is 0 Å². The topological polar surface area (TPSA) is 115 Å². The monoisotopic (exact) mass is 427 g/mol. The van der Waals surface area contributed by atoms with Gasteiger partial charge in [0.1, 0.15) is 0 Å². The zero-order valence-corrected chi connectivity index (χ0v) is 17.1. The van der Waals surface area contributed by atoms with Crippen LogP contribution in [0.1, 0.15) is 10.4 Å². The van der Waals surface area contributed by atoms with Crippen molar-refractivity contribution in [2.45, 2.75) is 4.90 Å². The number of fused-ring (bicyclic) bond motifs is 1. The number of nitrogens with one attached hydrogen (secondary N) is 2. The summed E-state index contributed by atoms with van der Waals surface area (Å²) in [4.78, 5) is 33.3. The number of carbonyl (C=O) groups excluding carboxylic acids is 1. The Bertz CT molecular complexity index is 1260. The molecule has 30 heavy (non-hydrogen) atoms. The van der Waals surface area contributed by atoms with Gasteiger partial charge in [-0.1, -0.05) is 6.07 Å². The van der Waals surface area contributed by atoms with Crippen molar-refractivity contribution in [3.05, 3.63) is 64.7 Å². The van der Waals surface area contributed by atoms with Crippen molar-refractivity contribution in [1.82, 2.24) is 19.2 Å². The Morgan fingerprint density at radius 3 is 2.63 bits per heavy atom. The number of sulfonamides is 1. The van der Waals surface area contributed by atoms with Gasteiger partial charge in [-0.2, -0.15) is 4.31 Å². The molecule has 4 rings (SSSR count). The average molecular weight is 427 g/mol. The Morgan fingerprint density at radius 1 is 1.10 bits per heavy atom. The van der Waals surface area contributed by atoms with Crippen LogP contribution in [-0.4, -0.2) is 66.7 Å². The summed E-state index contributed by atoms with van der Waals surface area (Å²) in [5.41, 5.74) is 0.831. The molecule has 1 amide bonds. The molecule has 0 radical (unpaired) electrons. The first-order valence-corrected chi connectivity index (χ1v) is 10.9. The number of H-pyrrole nitrogens is 1. The van der Waals surface area contributed by atoms with E-state index >= 15 is 0 Å². The highest BCUT2D eigenvalue weighted by atomic mass is 32.2. The van der Waals surface area contributed by atoms with Crippen LogP contribution in [0.4, 0.5) is 5.69 Å². The zero-order valence-electron chi connectivity index (χ0n) is 16.3. The van der Waals surface area contributed by atoms with E-state index in [0.717, 1.165) is 0 Å². The van der Waals surface area contributed by atoms with E-state index in [9.17, 15) is 18.0 Å². The van der Waals surface area contributed by atoms with Crippen molar-refractivity contribution in [3.63, 3.8) is 0 Å². The Kier molecular flexibility index (Phi) is 5.37. The third-order valence-corrected chi connectivity index (χ3v) is 6.99. The summed E-state index contributed by atoms with van der Waals surface area (Å²) in [5.74, 6) is -0.468. The van der Waals surface area contributed by atoms with E-state index in [-0.39, 0.29) is 16.0 Å². The number of hydrogen-bond donors (Lipinski definition) is 2. The molecule has 0 aliphatic carbocycles. The highest BCUT2D eigenvalue weighted by Gasteiger charge is 2.28. The van der Waals surface area contributed by atoms with E-state index in [1.54, 1.807) is 24.3 Å². The zero-order chi connectivity index (χ0) is 21.3. The van der Waals surface area contributed by atoms with Crippen LogP contribution >= 0.6 is 0 Å². The van der Waals surface area contributed by atoms with Gasteiger partial charge < -0.3 is 15.2 Å². The highest BCUT2D eigenvalue weighted by Crippen LogP contribution is 2.20. The number of rotatable bonds is 4. The lowest BCUT2D eigenvalue weighted by Crippen LogP contribution is -2.47. The minimum Gasteiger partial charge on any atom is -0.322 e. The van der Waals surface area contributed by atoms with E-state index in [2.05, 4.69) is 20.2 Å². The lowest BCUT2D eigenvalue weighted by molar-refractivity contribution is 0.102. The molecule has 2 N–H and O–H groups in total. The predicted molar refractivity (Wildman–Crippen MR) is 113 cm³/mol. The minimum atomic E-state index is -3.68. The third kappa shape index (κ3) is 3.97. The van der Waals surface area contributed by atoms with Crippen molar-refractivity contribution >= 4 is 32.5 Å². The summed E-state index contributed by atoms with van der Waals surface area (Å²) in [5, 5.41) is 3.06. The Hall–Kier alpha value is -3.08. The van der Waals surface area contributed by atoms with Crippen molar-refractivity contribution in [1.29, 1.82) is 0 Å². The first-order chi connectivity index (χ1) is 14.3. The number of anilines is 1. The molecule has 1 aromatic heterocycles. The smallest absolute Gasteiger partial charge is 0.258 e. The van der Waals surface area contributed by atoms with Crippen LogP contribution in [0, 0.1) is 0 Å². The van der Waals surface area contributed by atoms with Crippen molar-refractivity contribution in [2.75, 3.05) is 38.5 Å². The van der Waals surface area contributed by atoms with Crippen molar-refractivity contribution < 1.29 is 13.2 Å². The van der Waals surface area contributed by atoms with E-state index in [0.29, 0.717) is 42.8 Å². The van der Waals surface area contributed by atoms with Crippen LogP contribution in [0.15, 0.2) is 58.5 Å². The van der Waals surface area contributed by atoms with Gasteiger partial charge in [-0.3, -0.25) is 9.59 Å². The number of aromatic amines is 1. The SMILES string of the molecule is CN1CCN(S(=O)(=O)c2cccc(C(=O)Nc3ccc4nc[nH]c(=O)c4c3)c2)CC1. The van der Waals surface area contributed by atoms with Gasteiger partial charge in [0.05, 0.1) is 22.1 Å². The molecule has 0 unspecified atom stereocenters. The van der Waals surface area contributed by atoms with Gasteiger partial charge in [0.15, 0.2) is 0 Å². The van der Waals surface area contributed by atoms with Crippen LogP contribution in [0.2, 0.25) is 0 Å². The lowest BCUT2D eigenvalue weighted by Gasteiger charge is -2.31. The fourth-order valence-corrected chi connectivity index (χ4v) is 4.79. The van der Waals surface area contributed by atoms with Gasteiger partial charge in [0.2, 0.25) is 10.0 Å². The molecule has 0 atom stereocenters. The molecular formula is C20H21N5O4S. The van der Waals surface area contributed by atoms with Gasteiger partial charge >= 0.3 is 0 Å². The molecule has 1 aliphatic rings. The second kappa shape index (κ2) is 7.98. The van der Waals surface area contributed by atoms with Crippen LogP contribution < -0.4 is 10.9 Å². The number of benzene rings is 2. The quantitative estimate of drug-likeness (QED) is 0.645. The van der Waals surface area contributed by atoms with Crippen molar-refractivity contribution in [3.8, 4) is 0 Å². The Balaban J connectivity index is 1.57. The number of hydrogen-bond acceptors (Lipinski definition) is 6. The summed E-state index contributed by atoms with van der Waals surface area (Å²) >= 11 is 0. The molecule has 2 aromatic carbocycles. The standard InChI is InChI=1S/C20H21N5O4S/c1-24-7-9-25(10-8-24)30(28,29)16-4-2-3-14(11-16)19(26)23-15-5-6-18-17(12-15)20(27)22-13-21-18/h2-6,11-13H,7-10H2,1H3,(H,23,26)(H,21,22,27). The molecule has 156 valence electrons. The van der Waals surface area contributed by atoms with Crippen LogP contribution in [0.25, 0.3) is 10.9 Å². The van der Waals surface area contributed by atoms with E-state index in [1.807, 2.05) is 7.05 Å². The molecule has 1 saturated heterocycles. The number of carbonyl (C=O) groups is 1. The predicted octanol–water partition coefficient (Wildman–Crippen LogP) is 1.11. The molecule has 10 heteroatoms. The maximum Gasteiger partial charge on any atom is 0.258 e. The summed E-state index contributed by atoms with van der Waals surface area (Å²) in [6.45, 7) is 2.15. The summed E-state index contributed by atoms with van der Waals surface area (Å²) < 4.78 is 27.3. The summed E-state index contributed by atoms with van der Waals surface area (Å²) in [6, 6.07) is 10.8. The highest BCUT2D eigenvalue weighted by molar-refractivity contribution is 7.89. The minimum absolute atomic E-state index is 0.0823. The third-order valence-electron chi connectivity index (χ3n) is 5.09. The number of aromatic nitrogens is 2. The molecule has 0 spiro atoms. The largest absolute Gasteiger partial charge is 0.322 e. The van der Waals surface area contributed by atoms with Crippen molar-refractivity contribution in [2.24, 2.45) is 0 Å². The Labute approximate surface area is 173 Å². The molecule has 1 aliphatic heterocycles. The first-order valence-electron chi connectivity index (χ1n) is 9.42. The second-order valence-corrected chi connectivity index (χ2v) is 9.09. The normalized spacial score (nSPS) is 15.9. The van der Waals surface area contributed by atoms with E-state index in [1.165, 1.54) is 28.8 Å². The molecule has 9 nitrogen and oxygen atoms in total. The van der Waals surface area contributed by atoms with Crippen LogP contribution in [0.5, 0.6) is 0 Å². The molecule has 2 heterocycles. The van der Waals surface area contributed by atoms with Gasteiger partial charge in [0.25, 0.3) is 11.5 Å². The van der Waals surface area contributed by atoms with Gasteiger partial charge in [-0.25, -0.2) is 13.4 Å². The lowest BCUT2D eigenvalue weighted by atomic mass is 10.2.